The van der Waals surface area contributed by atoms with Crippen molar-refractivity contribution in [1.82, 2.24) is 10.2 Å². The van der Waals surface area contributed by atoms with E-state index < -0.39 is 28.5 Å². The SMILES string of the molecule is CCCNC(=O)[C@H](Cc1ccccc1)N(Cc1ccc(Br)cc1)C(=O)CN(c1ccc2c(c1)OCCO2)S(=O)(=O)CC. The predicted molar refractivity (Wildman–Crippen MR) is 166 cm³/mol. The van der Waals surface area contributed by atoms with E-state index in [9.17, 15) is 18.0 Å². The van der Waals surface area contributed by atoms with Crippen LogP contribution in [0, 0.1) is 0 Å². The van der Waals surface area contributed by atoms with Gasteiger partial charge in [-0.3, -0.25) is 13.9 Å². The average molecular weight is 659 g/mol. The first-order valence-corrected chi connectivity index (χ1v) is 16.4. The lowest BCUT2D eigenvalue weighted by Crippen LogP contribution is -2.53. The Labute approximate surface area is 256 Å². The van der Waals surface area contributed by atoms with Gasteiger partial charge in [-0.1, -0.05) is 65.3 Å². The number of carbonyl (C=O) groups excluding carboxylic acids is 2. The topological polar surface area (TPSA) is 105 Å². The molecule has 0 unspecified atom stereocenters. The van der Waals surface area contributed by atoms with Crippen LogP contribution in [-0.2, 0) is 32.6 Å². The fourth-order valence-corrected chi connectivity index (χ4v) is 5.93. The van der Waals surface area contributed by atoms with Gasteiger partial charge in [-0.15, -0.1) is 0 Å². The third-order valence-corrected chi connectivity index (χ3v) is 9.15. The molecule has 0 bridgehead atoms. The average Bonchev–Trinajstić information content (AvgIpc) is 3.01. The minimum Gasteiger partial charge on any atom is -0.486 e. The van der Waals surface area contributed by atoms with Gasteiger partial charge in [0.05, 0.1) is 11.4 Å². The molecule has 4 rings (SSSR count). The number of hydrogen-bond donors (Lipinski definition) is 1. The summed E-state index contributed by atoms with van der Waals surface area (Å²) in [4.78, 5) is 29.3. The number of nitrogens with zero attached hydrogens (tertiary/aromatic N) is 2. The second-order valence-corrected chi connectivity index (χ2v) is 13.0. The molecule has 0 spiro atoms. The molecular weight excluding hydrogens is 622 g/mol. The monoisotopic (exact) mass is 657 g/mol. The fourth-order valence-electron chi connectivity index (χ4n) is 4.61. The highest BCUT2D eigenvalue weighted by molar-refractivity contribution is 9.10. The summed E-state index contributed by atoms with van der Waals surface area (Å²) in [5, 5.41) is 2.94. The molecule has 1 aliphatic rings. The summed E-state index contributed by atoms with van der Waals surface area (Å²) in [6, 6.07) is 20.9. The maximum Gasteiger partial charge on any atom is 0.244 e. The second-order valence-electron chi connectivity index (χ2n) is 9.88. The summed E-state index contributed by atoms with van der Waals surface area (Å²) >= 11 is 3.44. The smallest absolute Gasteiger partial charge is 0.244 e. The number of carbonyl (C=O) groups is 2. The molecule has 1 N–H and O–H groups in total. The Hall–Kier alpha value is -3.57. The van der Waals surface area contributed by atoms with Gasteiger partial charge in [0.1, 0.15) is 25.8 Å². The summed E-state index contributed by atoms with van der Waals surface area (Å²) in [6.07, 6.45) is 1.00. The van der Waals surface area contributed by atoms with Crippen molar-refractivity contribution in [3.8, 4) is 11.5 Å². The quantitative estimate of drug-likeness (QED) is 0.289. The third kappa shape index (κ3) is 8.04. The lowest BCUT2D eigenvalue weighted by atomic mass is 10.0. The van der Waals surface area contributed by atoms with Gasteiger partial charge in [-0.25, -0.2) is 8.42 Å². The molecule has 1 aliphatic heterocycles. The van der Waals surface area contributed by atoms with Crippen molar-refractivity contribution < 1.29 is 27.5 Å². The van der Waals surface area contributed by atoms with Gasteiger partial charge in [0, 0.05) is 30.0 Å². The van der Waals surface area contributed by atoms with Crippen LogP contribution in [0.2, 0.25) is 0 Å². The Kier molecular flexibility index (Phi) is 10.9. The van der Waals surface area contributed by atoms with Crippen molar-refractivity contribution >= 4 is 43.5 Å². The van der Waals surface area contributed by atoms with E-state index >= 15 is 0 Å². The number of rotatable bonds is 13. The largest absolute Gasteiger partial charge is 0.486 e. The summed E-state index contributed by atoms with van der Waals surface area (Å²) < 4.78 is 40.0. The normalized spacial score (nSPS) is 13.2. The molecule has 0 aliphatic carbocycles. The van der Waals surface area contributed by atoms with Crippen LogP contribution in [0.15, 0.2) is 77.3 Å². The number of halogens is 1. The highest BCUT2D eigenvalue weighted by Gasteiger charge is 2.34. The van der Waals surface area contributed by atoms with Crippen LogP contribution in [0.1, 0.15) is 31.4 Å². The molecule has 42 heavy (non-hydrogen) atoms. The van der Waals surface area contributed by atoms with E-state index in [-0.39, 0.29) is 30.3 Å². The van der Waals surface area contributed by atoms with E-state index in [0.717, 1.165) is 26.3 Å². The van der Waals surface area contributed by atoms with Crippen LogP contribution >= 0.6 is 15.9 Å². The molecule has 3 aromatic carbocycles. The number of fused-ring (bicyclic) bond motifs is 1. The molecular formula is C31H36BrN3O6S. The van der Waals surface area contributed by atoms with Crippen LogP contribution in [0.4, 0.5) is 5.69 Å². The van der Waals surface area contributed by atoms with E-state index in [0.29, 0.717) is 31.3 Å². The van der Waals surface area contributed by atoms with Crippen molar-refractivity contribution in [2.45, 2.75) is 39.3 Å². The number of anilines is 1. The fraction of sp³-hybridized carbons (Fsp3) is 0.355. The number of ether oxygens (including phenoxy) is 2. The molecule has 3 aromatic rings. The first kappa shape index (κ1) is 31.4. The van der Waals surface area contributed by atoms with E-state index in [1.807, 2.05) is 61.5 Å². The highest BCUT2D eigenvalue weighted by Crippen LogP contribution is 2.35. The lowest BCUT2D eigenvalue weighted by molar-refractivity contribution is -0.140. The van der Waals surface area contributed by atoms with Gasteiger partial charge < -0.3 is 19.7 Å². The number of nitrogens with one attached hydrogen (secondary N) is 1. The molecule has 1 heterocycles. The summed E-state index contributed by atoms with van der Waals surface area (Å²) in [5.74, 6) is -0.0910. The molecule has 224 valence electrons. The Morgan fingerprint density at radius 2 is 1.62 bits per heavy atom. The first-order valence-electron chi connectivity index (χ1n) is 14.0. The molecule has 0 saturated heterocycles. The lowest BCUT2D eigenvalue weighted by Gasteiger charge is -2.34. The van der Waals surface area contributed by atoms with Crippen molar-refractivity contribution in [2.24, 2.45) is 0 Å². The van der Waals surface area contributed by atoms with Crippen LogP contribution in [0.5, 0.6) is 11.5 Å². The number of benzene rings is 3. The van der Waals surface area contributed by atoms with Crippen LogP contribution in [0.25, 0.3) is 0 Å². The van der Waals surface area contributed by atoms with Gasteiger partial charge in [0.15, 0.2) is 11.5 Å². The minimum absolute atomic E-state index is 0.115. The van der Waals surface area contributed by atoms with Crippen LogP contribution in [0.3, 0.4) is 0 Å². The van der Waals surface area contributed by atoms with E-state index in [2.05, 4.69) is 21.2 Å². The zero-order chi connectivity index (χ0) is 30.1. The standard InChI is InChI=1S/C31H36BrN3O6S/c1-3-16-33-31(37)27(19-23-8-6-5-7-9-23)34(21-24-10-12-25(32)13-11-24)30(36)22-35(42(38,39)4-2)26-14-15-28-29(20-26)41-18-17-40-28/h5-15,20,27H,3-4,16-19,21-22H2,1-2H3,(H,33,37)/t27-/m0/s1. The van der Waals surface area contributed by atoms with Crippen molar-refractivity contribution in [2.75, 3.05) is 36.4 Å². The molecule has 2 amide bonds. The summed E-state index contributed by atoms with van der Waals surface area (Å²) in [6.45, 7) is 4.31. The van der Waals surface area contributed by atoms with E-state index in [1.165, 1.54) is 11.8 Å². The Balaban J connectivity index is 1.73. The molecule has 9 nitrogen and oxygen atoms in total. The van der Waals surface area contributed by atoms with Crippen molar-refractivity contribution in [3.63, 3.8) is 0 Å². The molecule has 0 saturated carbocycles. The molecule has 1 atom stereocenters. The Bertz CT molecular complexity index is 1470. The molecule has 0 radical (unpaired) electrons. The summed E-state index contributed by atoms with van der Waals surface area (Å²) in [5.41, 5.74) is 1.97. The first-order chi connectivity index (χ1) is 20.2. The van der Waals surface area contributed by atoms with E-state index in [1.54, 1.807) is 18.2 Å². The minimum atomic E-state index is -3.88. The number of sulfonamides is 1. The van der Waals surface area contributed by atoms with Gasteiger partial charge in [0.25, 0.3) is 0 Å². The summed E-state index contributed by atoms with van der Waals surface area (Å²) in [7, 11) is -3.88. The Morgan fingerprint density at radius 1 is 0.929 bits per heavy atom. The van der Waals surface area contributed by atoms with Gasteiger partial charge in [0.2, 0.25) is 21.8 Å². The van der Waals surface area contributed by atoms with Gasteiger partial charge in [-0.2, -0.15) is 0 Å². The third-order valence-electron chi connectivity index (χ3n) is 6.88. The zero-order valence-electron chi connectivity index (χ0n) is 23.8. The maximum absolute atomic E-state index is 14.2. The maximum atomic E-state index is 14.2. The van der Waals surface area contributed by atoms with Crippen LogP contribution in [-0.4, -0.2) is 63.2 Å². The molecule has 0 fully saturated rings. The van der Waals surface area contributed by atoms with Crippen molar-refractivity contribution in [1.29, 1.82) is 0 Å². The van der Waals surface area contributed by atoms with E-state index in [4.69, 9.17) is 9.47 Å². The van der Waals surface area contributed by atoms with Crippen LogP contribution < -0.4 is 19.1 Å². The van der Waals surface area contributed by atoms with Gasteiger partial charge in [-0.05, 0) is 48.7 Å². The zero-order valence-corrected chi connectivity index (χ0v) is 26.2. The number of hydrogen-bond acceptors (Lipinski definition) is 6. The van der Waals surface area contributed by atoms with Crippen molar-refractivity contribution in [3.05, 3.63) is 88.4 Å². The molecule has 0 aromatic heterocycles. The second kappa shape index (κ2) is 14.6. The highest BCUT2D eigenvalue weighted by atomic mass is 79.9. The van der Waals surface area contributed by atoms with Gasteiger partial charge >= 0.3 is 0 Å². The molecule has 11 heteroatoms. The predicted octanol–water partition coefficient (Wildman–Crippen LogP) is 4.54. The Morgan fingerprint density at radius 3 is 2.29 bits per heavy atom. The number of amides is 2.